The molecule has 10 heteroatoms. The zero-order chi connectivity index (χ0) is 19.6. The molecule has 0 unspecified atom stereocenters. The predicted octanol–water partition coefficient (Wildman–Crippen LogP) is 2.79. The third-order valence-corrected chi connectivity index (χ3v) is 7.87. The van der Waals surface area contributed by atoms with Crippen LogP contribution in [0, 0.1) is 12.7 Å². The summed E-state index contributed by atoms with van der Waals surface area (Å²) in [5, 5.41) is 2.61. The summed E-state index contributed by atoms with van der Waals surface area (Å²) in [5.41, 5.74) is 0.417. The molecular weight excluding hydrogens is 413 g/mol. The highest BCUT2D eigenvalue weighted by Gasteiger charge is 2.30. The Balaban J connectivity index is 1.53. The van der Waals surface area contributed by atoms with Crippen molar-refractivity contribution in [2.75, 3.05) is 38.0 Å². The number of aryl methyl sites for hydroxylation is 1. The van der Waals surface area contributed by atoms with Crippen molar-refractivity contribution in [2.45, 2.75) is 11.1 Å². The van der Waals surface area contributed by atoms with Gasteiger partial charge in [0.05, 0.1) is 11.6 Å². The smallest absolute Gasteiger partial charge is 0.252 e. The second kappa shape index (κ2) is 8.24. The number of sulfonamides is 1. The SMILES string of the molecule is Cc1ccc(S(=O)(=O)N2CCN(CC(=O)Nc3ccc(F)c(Cl)c3)CC2)s1. The molecule has 0 atom stereocenters. The number of thiophene rings is 1. The van der Waals surface area contributed by atoms with Gasteiger partial charge in [-0.25, -0.2) is 12.8 Å². The maximum absolute atomic E-state index is 13.2. The van der Waals surface area contributed by atoms with E-state index >= 15 is 0 Å². The molecule has 2 heterocycles. The van der Waals surface area contributed by atoms with Gasteiger partial charge in [0.25, 0.3) is 10.0 Å². The summed E-state index contributed by atoms with van der Waals surface area (Å²) in [4.78, 5) is 15.0. The molecule has 0 bridgehead atoms. The lowest BCUT2D eigenvalue weighted by Crippen LogP contribution is -2.50. The molecule has 2 aromatic rings. The highest BCUT2D eigenvalue weighted by molar-refractivity contribution is 7.91. The second-order valence-electron chi connectivity index (χ2n) is 6.22. The zero-order valence-corrected chi connectivity index (χ0v) is 17.0. The van der Waals surface area contributed by atoms with Crippen molar-refractivity contribution in [3.8, 4) is 0 Å². The monoisotopic (exact) mass is 431 g/mol. The summed E-state index contributed by atoms with van der Waals surface area (Å²) in [5.74, 6) is -0.809. The predicted molar refractivity (Wildman–Crippen MR) is 104 cm³/mol. The van der Waals surface area contributed by atoms with E-state index in [1.807, 2.05) is 11.8 Å². The molecule has 0 aliphatic carbocycles. The lowest BCUT2D eigenvalue weighted by molar-refractivity contribution is -0.117. The summed E-state index contributed by atoms with van der Waals surface area (Å²) in [6.45, 7) is 3.57. The van der Waals surface area contributed by atoms with Crippen LogP contribution >= 0.6 is 22.9 Å². The lowest BCUT2D eigenvalue weighted by atomic mass is 10.3. The first-order valence-corrected chi connectivity index (χ1v) is 10.9. The summed E-state index contributed by atoms with van der Waals surface area (Å²) in [7, 11) is -3.48. The molecule has 0 spiro atoms. The first-order chi connectivity index (χ1) is 12.8. The Kier molecular flexibility index (Phi) is 6.17. The van der Waals surface area contributed by atoms with E-state index in [2.05, 4.69) is 5.32 Å². The maximum Gasteiger partial charge on any atom is 0.252 e. The molecule has 6 nitrogen and oxygen atoms in total. The van der Waals surface area contributed by atoms with Crippen molar-refractivity contribution in [3.63, 3.8) is 0 Å². The molecule has 1 aliphatic rings. The van der Waals surface area contributed by atoms with Crippen LogP contribution < -0.4 is 5.32 Å². The molecule has 1 aromatic carbocycles. The van der Waals surface area contributed by atoms with Gasteiger partial charge in [0.15, 0.2) is 0 Å². The highest BCUT2D eigenvalue weighted by Crippen LogP contribution is 2.25. The number of nitrogens with one attached hydrogen (secondary N) is 1. The van der Waals surface area contributed by atoms with Gasteiger partial charge in [-0.1, -0.05) is 11.6 Å². The Bertz CT molecular complexity index is 941. The van der Waals surface area contributed by atoms with Gasteiger partial charge in [-0.05, 0) is 37.3 Å². The number of halogens is 2. The van der Waals surface area contributed by atoms with Gasteiger partial charge in [-0.15, -0.1) is 11.3 Å². The minimum Gasteiger partial charge on any atom is -0.325 e. The molecule has 1 N–H and O–H groups in total. The molecule has 27 heavy (non-hydrogen) atoms. The first-order valence-electron chi connectivity index (χ1n) is 8.29. The summed E-state index contributed by atoms with van der Waals surface area (Å²) in [6, 6.07) is 7.39. The quantitative estimate of drug-likeness (QED) is 0.790. The largest absolute Gasteiger partial charge is 0.325 e. The van der Waals surface area contributed by atoms with Gasteiger partial charge in [0, 0.05) is 36.7 Å². The molecule has 1 saturated heterocycles. The van der Waals surface area contributed by atoms with Crippen LogP contribution in [0.3, 0.4) is 0 Å². The van der Waals surface area contributed by atoms with Crippen molar-refractivity contribution in [2.24, 2.45) is 0 Å². The van der Waals surface area contributed by atoms with Crippen molar-refractivity contribution in [3.05, 3.63) is 46.0 Å². The Morgan fingerprint density at radius 1 is 1.22 bits per heavy atom. The maximum atomic E-state index is 13.2. The van der Waals surface area contributed by atoms with E-state index in [0.717, 1.165) is 4.88 Å². The average molecular weight is 432 g/mol. The van der Waals surface area contributed by atoms with Crippen LogP contribution in [0.5, 0.6) is 0 Å². The number of anilines is 1. The average Bonchev–Trinajstić information content (AvgIpc) is 3.06. The van der Waals surface area contributed by atoms with Gasteiger partial charge in [0.1, 0.15) is 10.0 Å². The van der Waals surface area contributed by atoms with E-state index in [1.165, 1.54) is 33.8 Å². The minimum atomic E-state index is -3.48. The summed E-state index contributed by atoms with van der Waals surface area (Å²) in [6.07, 6.45) is 0. The molecule has 0 radical (unpaired) electrons. The lowest BCUT2D eigenvalue weighted by Gasteiger charge is -2.33. The van der Waals surface area contributed by atoms with E-state index in [-0.39, 0.29) is 17.5 Å². The van der Waals surface area contributed by atoms with Gasteiger partial charge in [-0.3, -0.25) is 9.69 Å². The Morgan fingerprint density at radius 3 is 2.52 bits per heavy atom. The van der Waals surface area contributed by atoms with Crippen LogP contribution in [0.25, 0.3) is 0 Å². The van der Waals surface area contributed by atoms with E-state index in [1.54, 1.807) is 12.1 Å². The number of benzene rings is 1. The van der Waals surface area contributed by atoms with E-state index in [0.29, 0.717) is 36.1 Å². The summed E-state index contributed by atoms with van der Waals surface area (Å²) >= 11 is 6.96. The molecule has 1 aliphatic heterocycles. The number of rotatable bonds is 5. The number of piperazine rings is 1. The zero-order valence-electron chi connectivity index (χ0n) is 14.6. The fraction of sp³-hybridized carbons (Fsp3) is 0.353. The second-order valence-corrected chi connectivity index (χ2v) is 10.1. The van der Waals surface area contributed by atoms with Gasteiger partial charge < -0.3 is 5.32 Å². The van der Waals surface area contributed by atoms with Crippen molar-refractivity contribution in [1.82, 2.24) is 9.21 Å². The Labute approximate surface area is 166 Å². The van der Waals surface area contributed by atoms with Crippen LogP contribution in [-0.4, -0.2) is 56.3 Å². The minimum absolute atomic E-state index is 0.0598. The van der Waals surface area contributed by atoms with Crippen LogP contribution in [0.4, 0.5) is 10.1 Å². The van der Waals surface area contributed by atoms with Gasteiger partial charge in [-0.2, -0.15) is 4.31 Å². The highest BCUT2D eigenvalue weighted by atomic mass is 35.5. The Hall–Kier alpha value is -1.52. The third kappa shape index (κ3) is 4.85. The van der Waals surface area contributed by atoms with Crippen LogP contribution in [0.2, 0.25) is 5.02 Å². The first kappa shape index (κ1) is 20.2. The molecule has 1 fully saturated rings. The standard InChI is InChI=1S/C17H19ClFN3O3S2/c1-12-2-5-17(26-12)27(24,25)22-8-6-21(7-9-22)11-16(23)20-13-3-4-15(19)14(18)10-13/h2-5,10H,6-9,11H2,1H3,(H,20,23). The van der Waals surface area contributed by atoms with Crippen molar-refractivity contribution >= 4 is 44.6 Å². The fourth-order valence-electron chi connectivity index (χ4n) is 2.78. The normalized spacial score (nSPS) is 16.4. The number of hydrogen-bond acceptors (Lipinski definition) is 5. The number of carbonyl (C=O) groups is 1. The number of hydrogen-bond donors (Lipinski definition) is 1. The molecule has 3 rings (SSSR count). The van der Waals surface area contributed by atoms with Gasteiger partial charge in [0.2, 0.25) is 5.91 Å². The molecule has 0 saturated carbocycles. The molecule has 1 amide bonds. The molecular formula is C17H19ClFN3O3S2. The third-order valence-electron chi connectivity index (χ3n) is 4.21. The van der Waals surface area contributed by atoms with Crippen LogP contribution in [0.1, 0.15) is 4.88 Å². The molecule has 1 aromatic heterocycles. The van der Waals surface area contributed by atoms with Crippen LogP contribution in [-0.2, 0) is 14.8 Å². The number of carbonyl (C=O) groups excluding carboxylic acids is 1. The van der Waals surface area contributed by atoms with Crippen LogP contribution in [0.15, 0.2) is 34.5 Å². The van der Waals surface area contributed by atoms with Gasteiger partial charge >= 0.3 is 0 Å². The number of nitrogens with zero attached hydrogens (tertiary/aromatic N) is 2. The van der Waals surface area contributed by atoms with E-state index < -0.39 is 15.8 Å². The topological polar surface area (TPSA) is 69.7 Å². The van der Waals surface area contributed by atoms with Crippen molar-refractivity contribution in [1.29, 1.82) is 0 Å². The number of amides is 1. The summed E-state index contributed by atoms with van der Waals surface area (Å²) < 4.78 is 40.2. The fourth-order valence-corrected chi connectivity index (χ4v) is 5.82. The molecule has 146 valence electrons. The Morgan fingerprint density at radius 2 is 1.93 bits per heavy atom. The van der Waals surface area contributed by atoms with E-state index in [9.17, 15) is 17.6 Å². The van der Waals surface area contributed by atoms with Crippen molar-refractivity contribution < 1.29 is 17.6 Å². The van der Waals surface area contributed by atoms with E-state index in [4.69, 9.17) is 11.6 Å².